The molecule has 2 aromatic carbocycles. The molecule has 0 saturated carbocycles. The lowest BCUT2D eigenvalue weighted by atomic mass is 10.1. The van der Waals surface area contributed by atoms with Crippen molar-refractivity contribution in [3.05, 3.63) is 87.9 Å². The Morgan fingerprint density at radius 3 is 2.54 bits per heavy atom. The Hall–Kier alpha value is -4.68. The van der Waals surface area contributed by atoms with E-state index in [1.165, 1.54) is 54.2 Å². The highest BCUT2D eigenvalue weighted by molar-refractivity contribution is 5.90. The molecule has 4 rings (SSSR count). The van der Waals surface area contributed by atoms with Gasteiger partial charge in [0.1, 0.15) is 5.82 Å². The fourth-order valence-electron chi connectivity index (χ4n) is 3.49. The van der Waals surface area contributed by atoms with Gasteiger partial charge < -0.3 is 24.9 Å². The molecule has 2 aromatic heterocycles. The van der Waals surface area contributed by atoms with Crippen LogP contribution in [-0.4, -0.2) is 33.1 Å². The number of ether oxygens (including phenoxy) is 1. The number of benzene rings is 2. The highest BCUT2D eigenvalue weighted by atomic mass is 19.4. The number of nitrogens with one attached hydrogen (secondary N) is 3. The smallest absolute Gasteiger partial charge is 0.418 e. The van der Waals surface area contributed by atoms with Crippen LogP contribution in [0.5, 0.6) is 0 Å². The maximum atomic E-state index is 13.9. The second-order valence-electron chi connectivity index (χ2n) is 7.76. The zero-order chi connectivity index (χ0) is 26.7. The van der Waals surface area contributed by atoms with Crippen LogP contribution in [0.2, 0.25) is 0 Å². The van der Waals surface area contributed by atoms with Gasteiger partial charge in [0.2, 0.25) is 5.69 Å². The van der Waals surface area contributed by atoms with Crippen molar-refractivity contribution in [3.63, 3.8) is 0 Å². The molecule has 4 aromatic rings. The minimum Gasteiger partial charge on any atom is -0.461 e. The lowest BCUT2D eigenvalue weighted by Gasteiger charge is -2.15. The number of urea groups is 1. The molecule has 0 saturated heterocycles. The van der Waals surface area contributed by atoms with E-state index in [0.29, 0.717) is 11.3 Å². The first-order valence-corrected chi connectivity index (χ1v) is 10.8. The Bertz CT molecular complexity index is 1530. The third kappa shape index (κ3) is 5.77. The van der Waals surface area contributed by atoms with E-state index in [1.807, 2.05) is 0 Å². The number of aromatic nitrogens is 3. The maximum absolute atomic E-state index is 13.9. The van der Waals surface area contributed by atoms with Crippen LogP contribution in [0.3, 0.4) is 0 Å². The van der Waals surface area contributed by atoms with Crippen LogP contribution in [0.15, 0.2) is 59.7 Å². The van der Waals surface area contributed by atoms with Crippen molar-refractivity contribution < 1.29 is 31.9 Å². The number of esters is 1. The monoisotopic (exact) mass is 517 g/mol. The second-order valence-corrected chi connectivity index (χ2v) is 7.76. The minimum absolute atomic E-state index is 0.0155. The number of alkyl halides is 3. The first-order valence-electron chi connectivity index (χ1n) is 10.8. The molecular formula is C24H19F4N5O4. The van der Waals surface area contributed by atoms with Gasteiger partial charge >= 0.3 is 18.2 Å². The van der Waals surface area contributed by atoms with Gasteiger partial charge in [-0.1, -0.05) is 0 Å². The van der Waals surface area contributed by atoms with Crippen molar-refractivity contribution in [1.82, 2.24) is 19.9 Å². The average Bonchev–Trinajstić information content (AvgIpc) is 3.31. The third-order valence-electron chi connectivity index (χ3n) is 5.17. The van der Waals surface area contributed by atoms with Gasteiger partial charge in [-0.3, -0.25) is 4.79 Å². The van der Waals surface area contributed by atoms with E-state index >= 15 is 0 Å². The van der Waals surface area contributed by atoms with Crippen molar-refractivity contribution in [2.75, 3.05) is 11.9 Å². The molecule has 2 amide bonds. The van der Waals surface area contributed by atoms with Gasteiger partial charge in [0, 0.05) is 24.6 Å². The summed E-state index contributed by atoms with van der Waals surface area (Å²) in [6.45, 7) is 1.50. The molecule has 192 valence electrons. The molecule has 2 heterocycles. The first kappa shape index (κ1) is 25.4. The fraction of sp³-hybridized carbons (Fsp3) is 0.167. The number of nitrogens with zero attached hydrogens (tertiary/aromatic N) is 2. The number of carbonyl (C=O) groups is 2. The van der Waals surface area contributed by atoms with Crippen molar-refractivity contribution in [2.45, 2.75) is 19.6 Å². The molecule has 0 spiro atoms. The van der Waals surface area contributed by atoms with Gasteiger partial charge in [0.15, 0.2) is 0 Å². The molecule has 9 nitrogen and oxygen atoms in total. The van der Waals surface area contributed by atoms with E-state index in [4.69, 9.17) is 4.74 Å². The van der Waals surface area contributed by atoms with Crippen LogP contribution < -0.4 is 16.2 Å². The summed E-state index contributed by atoms with van der Waals surface area (Å²) in [7, 11) is 0. The number of hydrogen-bond donors (Lipinski definition) is 3. The van der Waals surface area contributed by atoms with Crippen molar-refractivity contribution in [3.8, 4) is 5.69 Å². The molecule has 0 fully saturated rings. The Balaban J connectivity index is 1.61. The second kappa shape index (κ2) is 10.1. The number of aromatic amines is 1. The molecule has 0 bridgehead atoms. The van der Waals surface area contributed by atoms with Crippen LogP contribution in [0.25, 0.3) is 16.7 Å². The first-order chi connectivity index (χ1) is 17.5. The number of halogens is 4. The molecular weight excluding hydrogens is 498 g/mol. The molecule has 37 heavy (non-hydrogen) atoms. The standard InChI is InChI=1S/C24H19F4N5O4/c1-2-37-22(35)20-21(34)32-17-9-16(24(26,27)28)19(10-18(17)31-20)33-8-7-13(12-33)11-29-23(36)30-15-5-3-14(25)4-6-15/h3-10,12H,2,11H2,1H3,(H,32,34)(H2,29,30,36). The Morgan fingerprint density at radius 2 is 1.86 bits per heavy atom. The molecule has 13 heteroatoms. The zero-order valence-electron chi connectivity index (χ0n) is 19.1. The molecule has 0 aliphatic carbocycles. The predicted molar refractivity (Wildman–Crippen MR) is 125 cm³/mol. The summed E-state index contributed by atoms with van der Waals surface area (Å²) in [5, 5.41) is 5.06. The van der Waals surface area contributed by atoms with Crippen LogP contribution in [0.4, 0.5) is 28.0 Å². The molecule has 0 aliphatic rings. The van der Waals surface area contributed by atoms with Gasteiger partial charge in [-0.15, -0.1) is 0 Å². The summed E-state index contributed by atoms with van der Waals surface area (Å²) in [5.74, 6) is -1.46. The van der Waals surface area contributed by atoms with E-state index in [2.05, 4.69) is 20.6 Å². The topological polar surface area (TPSA) is 118 Å². The van der Waals surface area contributed by atoms with Gasteiger partial charge in [0.05, 0.1) is 28.9 Å². The van der Waals surface area contributed by atoms with Gasteiger partial charge in [0.25, 0.3) is 5.56 Å². The summed E-state index contributed by atoms with van der Waals surface area (Å²) < 4.78 is 60.6. The molecule has 0 radical (unpaired) electrons. The number of H-pyrrole nitrogens is 1. The highest BCUT2D eigenvalue weighted by Gasteiger charge is 2.35. The highest BCUT2D eigenvalue weighted by Crippen LogP contribution is 2.36. The Kier molecular flexibility index (Phi) is 6.96. The van der Waals surface area contributed by atoms with Crippen molar-refractivity contribution in [2.24, 2.45) is 0 Å². The molecule has 0 unspecified atom stereocenters. The van der Waals surface area contributed by atoms with Gasteiger partial charge in [-0.05, 0) is 55.0 Å². The number of hydrogen-bond acceptors (Lipinski definition) is 5. The Morgan fingerprint density at radius 1 is 1.14 bits per heavy atom. The van der Waals surface area contributed by atoms with E-state index in [1.54, 1.807) is 0 Å². The third-order valence-corrected chi connectivity index (χ3v) is 5.17. The predicted octanol–water partition coefficient (Wildman–Crippen LogP) is 4.37. The van der Waals surface area contributed by atoms with Crippen LogP contribution in [0, 0.1) is 5.82 Å². The zero-order valence-corrected chi connectivity index (χ0v) is 19.1. The van der Waals surface area contributed by atoms with Gasteiger partial charge in [-0.25, -0.2) is 19.0 Å². The van der Waals surface area contributed by atoms with Crippen molar-refractivity contribution in [1.29, 1.82) is 0 Å². The number of anilines is 1. The average molecular weight is 517 g/mol. The summed E-state index contributed by atoms with van der Waals surface area (Å²) in [6.07, 6.45) is -2.03. The largest absolute Gasteiger partial charge is 0.461 e. The molecule has 3 N–H and O–H groups in total. The maximum Gasteiger partial charge on any atom is 0.418 e. The van der Waals surface area contributed by atoms with E-state index < -0.39 is 40.8 Å². The van der Waals surface area contributed by atoms with Crippen molar-refractivity contribution >= 4 is 28.7 Å². The van der Waals surface area contributed by atoms with Crippen LogP contribution >= 0.6 is 0 Å². The van der Waals surface area contributed by atoms with E-state index in [-0.39, 0.29) is 29.9 Å². The summed E-state index contributed by atoms with van der Waals surface area (Å²) in [4.78, 5) is 42.4. The van der Waals surface area contributed by atoms with Crippen LogP contribution in [0.1, 0.15) is 28.5 Å². The number of fused-ring (bicyclic) bond motifs is 1. The SMILES string of the molecule is CCOC(=O)c1nc2cc(-n3ccc(CNC(=O)Nc4ccc(F)cc4)c3)c(C(F)(F)F)cc2[nH]c1=O. The minimum atomic E-state index is -4.78. The number of amides is 2. The van der Waals surface area contributed by atoms with Crippen LogP contribution in [-0.2, 0) is 17.5 Å². The molecule has 0 atom stereocenters. The van der Waals surface area contributed by atoms with E-state index in [9.17, 15) is 31.9 Å². The Labute approximate surface area is 206 Å². The normalized spacial score (nSPS) is 11.4. The number of rotatable bonds is 6. The summed E-state index contributed by atoms with van der Waals surface area (Å²) >= 11 is 0. The fourth-order valence-corrected chi connectivity index (χ4v) is 3.49. The van der Waals surface area contributed by atoms with E-state index in [0.717, 1.165) is 12.1 Å². The lowest BCUT2D eigenvalue weighted by molar-refractivity contribution is -0.137. The van der Waals surface area contributed by atoms with Gasteiger partial charge in [-0.2, -0.15) is 13.2 Å². The lowest BCUT2D eigenvalue weighted by Crippen LogP contribution is -2.28. The number of carbonyl (C=O) groups excluding carboxylic acids is 2. The summed E-state index contributed by atoms with van der Waals surface area (Å²) in [5.41, 5.74) is -2.34. The summed E-state index contributed by atoms with van der Waals surface area (Å²) in [6, 6.07) is 7.84. The quantitative estimate of drug-likeness (QED) is 0.259. The molecule has 0 aliphatic heterocycles.